The fourth-order valence-electron chi connectivity index (χ4n) is 3.67. The molecular formula is C24H20N4O. The minimum absolute atomic E-state index is 0.124. The van der Waals surface area contributed by atoms with Crippen LogP contribution in [0.2, 0.25) is 0 Å². The Morgan fingerprint density at radius 2 is 1.69 bits per heavy atom. The molecular weight excluding hydrogens is 360 g/mol. The highest BCUT2D eigenvalue weighted by Gasteiger charge is 2.35. The number of imidazole rings is 1. The number of benzene rings is 3. The lowest BCUT2D eigenvalue weighted by molar-refractivity contribution is 0.0705. The van der Waals surface area contributed by atoms with Crippen LogP contribution in [-0.2, 0) is 0 Å². The molecule has 1 aliphatic heterocycles. The fraction of sp³-hybridized carbons (Fsp3) is 0.125. The summed E-state index contributed by atoms with van der Waals surface area (Å²) in [7, 11) is 0. The minimum Gasteiger partial charge on any atom is -0.340 e. The van der Waals surface area contributed by atoms with Crippen LogP contribution in [0.15, 0.2) is 84.0 Å². The lowest BCUT2D eigenvalue weighted by Crippen LogP contribution is -2.27. The highest BCUT2D eigenvalue weighted by molar-refractivity contribution is 6.05. The first-order chi connectivity index (χ1) is 14.2. The van der Waals surface area contributed by atoms with Crippen molar-refractivity contribution in [2.45, 2.75) is 19.4 Å². The van der Waals surface area contributed by atoms with Crippen LogP contribution in [0.4, 0.5) is 0 Å². The van der Waals surface area contributed by atoms with Gasteiger partial charge in [0.15, 0.2) is 0 Å². The van der Waals surface area contributed by atoms with Crippen LogP contribution in [0.25, 0.3) is 11.0 Å². The lowest BCUT2D eigenvalue weighted by Gasteiger charge is -2.20. The van der Waals surface area contributed by atoms with Crippen molar-refractivity contribution in [2.75, 3.05) is 0 Å². The maximum absolute atomic E-state index is 13.3. The van der Waals surface area contributed by atoms with E-state index in [1.54, 1.807) is 5.01 Å². The number of fused-ring (bicyclic) bond motifs is 1. The van der Waals surface area contributed by atoms with Crippen molar-refractivity contribution in [1.82, 2.24) is 15.0 Å². The molecule has 1 aliphatic rings. The summed E-state index contributed by atoms with van der Waals surface area (Å²) in [5.74, 6) is 0.628. The Morgan fingerprint density at radius 3 is 2.45 bits per heavy atom. The van der Waals surface area contributed by atoms with Crippen molar-refractivity contribution in [3.8, 4) is 0 Å². The highest BCUT2D eigenvalue weighted by Crippen LogP contribution is 2.33. The summed E-state index contributed by atoms with van der Waals surface area (Å²) in [6, 6.07) is 25.2. The molecule has 1 aromatic heterocycles. The van der Waals surface area contributed by atoms with Gasteiger partial charge in [-0.25, -0.2) is 9.99 Å². The normalized spacial score (nSPS) is 16.2. The average molecular weight is 380 g/mol. The van der Waals surface area contributed by atoms with E-state index in [0.717, 1.165) is 33.7 Å². The van der Waals surface area contributed by atoms with E-state index in [9.17, 15) is 4.79 Å². The van der Waals surface area contributed by atoms with Crippen LogP contribution in [0, 0.1) is 6.92 Å². The monoisotopic (exact) mass is 380 g/mol. The van der Waals surface area contributed by atoms with E-state index in [1.807, 2.05) is 85.8 Å². The Bertz CT molecular complexity index is 1180. The molecule has 1 N–H and O–H groups in total. The summed E-state index contributed by atoms with van der Waals surface area (Å²) in [4.78, 5) is 21.4. The largest absolute Gasteiger partial charge is 0.340 e. The zero-order chi connectivity index (χ0) is 19.8. The predicted molar refractivity (Wildman–Crippen MR) is 114 cm³/mol. The molecule has 0 fully saturated rings. The summed E-state index contributed by atoms with van der Waals surface area (Å²) in [6.07, 6.45) is 0.613. The topological polar surface area (TPSA) is 61.4 Å². The van der Waals surface area contributed by atoms with Gasteiger partial charge in [-0.15, -0.1) is 0 Å². The van der Waals surface area contributed by atoms with Crippen molar-refractivity contribution >= 4 is 22.7 Å². The maximum atomic E-state index is 13.3. The zero-order valence-electron chi connectivity index (χ0n) is 16.0. The molecule has 3 aromatic carbocycles. The molecule has 1 amide bonds. The van der Waals surface area contributed by atoms with Crippen LogP contribution >= 0.6 is 0 Å². The number of hydrazone groups is 1. The molecule has 0 bridgehead atoms. The number of rotatable bonds is 3. The lowest BCUT2D eigenvalue weighted by atomic mass is 10.0. The summed E-state index contributed by atoms with van der Waals surface area (Å²) < 4.78 is 0. The number of aryl methyl sites for hydroxylation is 1. The maximum Gasteiger partial charge on any atom is 0.274 e. The third-order valence-electron chi connectivity index (χ3n) is 5.25. The molecule has 0 radical (unpaired) electrons. The van der Waals surface area contributed by atoms with Gasteiger partial charge in [-0.3, -0.25) is 4.79 Å². The molecule has 29 heavy (non-hydrogen) atoms. The van der Waals surface area contributed by atoms with Gasteiger partial charge in [-0.05, 0) is 36.8 Å². The first-order valence-corrected chi connectivity index (χ1v) is 9.67. The summed E-state index contributed by atoms with van der Waals surface area (Å²) in [5, 5.41) is 6.30. The number of aromatic nitrogens is 2. The minimum atomic E-state index is -0.272. The Hall–Kier alpha value is -3.73. The quantitative estimate of drug-likeness (QED) is 0.552. The van der Waals surface area contributed by atoms with Crippen LogP contribution < -0.4 is 0 Å². The van der Waals surface area contributed by atoms with E-state index in [4.69, 9.17) is 10.1 Å². The van der Waals surface area contributed by atoms with E-state index >= 15 is 0 Å². The zero-order valence-corrected chi connectivity index (χ0v) is 16.0. The van der Waals surface area contributed by atoms with E-state index in [2.05, 4.69) is 4.98 Å². The number of carbonyl (C=O) groups is 1. The number of aromatic amines is 1. The molecule has 1 atom stereocenters. The van der Waals surface area contributed by atoms with Crippen LogP contribution in [-0.4, -0.2) is 26.6 Å². The van der Waals surface area contributed by atoms with Gasteiger partial charge in [0.05, 0.1) is 16.7 Å². The van der Waals surface area contributed by atoms with E-state index in [0.29, 0.717) is 12.0 Å². The number of H-pyrrole nitrogens is 1. The second kappa shape index (κ2) is 7.02. The van der Waals surface area contributed by atoms with Gasteiger partial charge >= 0.3 is 0 Å². The molecule has 0 aliphatic carbocycles. The molecule has 1 unspecified atom stereocenters. The van der Waals surface area contributed by atoms with E-state index in [1.165, 1.54) is 0 Å². The molecule has 5 rings (SSSR count). The smallest absolute Gasteiger partial charge is 0.274 e. The van der Waals surface area contributed by atoms with Gasteiger partial charge in [0.2, 0.25) is 0 Å². The average Bonchev–Trinajstić information content (AvgIpc) is 3.39. The van der Waals surface area contributed by atoms with Gasteiger partial charge in [0.1, 0.15) is 11.9 Å². The number of hydrogen-bond acceptors (Lipinski definition) is 3. The Morgan fingerprint density at radius 1 is 0.966 bits per heavy atom. The number of hydrogen-bond donors (Lipinski definition) is 1. The Kier molecular flexibility index (Phi) is 4.21. The molecule has 142 valence electrons. The third-order valence-corrected chi connectivity index (χ3v) is 5.25. The molecule has 5 heteroatoms. The van der Waals surface area contributed by atoms with Crippen LogP contribution in [0.1, 0.15) is 39.8 Å². The van der Waals surface area contributed by atoms with Crippen LogP contribution in [0.5, 0.6) is 0 Å². The Balaban J connectivity index is 1.56. The van der Waals surface area contributed by atoms with Crippen molar-refractivity contribution in [3.63, 3.8) is 0 Å². The Labute approximate surface area is 168 Å². The van der Waals surface area contributed by atoms with Crippen molar-refractivity contribution < 1.29 is 4.79 Å². The summed E-state index contributed by atoms with van der Waals surface area (Å²) >= 11 is 0. The third kappa shape index (κ3) is 3.21. The molecule has 4 aromatic rings. The number of nitrogens with zero attached hydrogens (tertiary/aromatic N) is 3. The number of amides is 1. The van der Waals surface area contributed by atoms with Crippen molar-refractivity contribution in [2.24, 2.45) is 5.10 Å². The SMILES string of the molecule is Cc1ccc(C(=O)N2N=C(c3ccccc3)CC2c2nc3ccccc3[nH]2)cc1. The molecule has 0 spiro atoms. The van der Waals surface area contributed by atoms with Gasteiger partial charge < -0.3 is 4.98 Å². The standard InChI is InChI=1S/C24H20N4O/c1-16-11-13-18(14-12-16)24(29)28-22(15-21(27-28)17-7-3-2-4-8-17)23-25-19-9-5-6-10-20(19)26-23/h2-14,22H,15H2,1H3,(H,25,26). The van der Waals surface area contributed by atoms with E-state index < -0.39 is 0 Å². The van der Waals surface area contributed by atoms with Crippen molar-refractivity contribution in [1.29, 1.82) is 0 Å². The van der Waals surface area contributed by atoms with Gasteiger partial charge in [-0.2, -0.15) is 5.10 Å². The summed E-state index contributed by atoms with van der Waals surface area (Å²) in [5.41, 5.74) is 5.49. The number of carbonyl (C=O) groups excluding carboxylic acids is 1. The molecule has 0 saturated carbocycles. The number of nitrogens with one attached hydrogen (secondary N) is 1. The van der Waals surface area contributed by atoms with Crippen molar-refractivity contribution in [3.05, 3.63) is 101 Å². The second-order valence-electron chi connectivity index (χ2n) is 7.29. The first-order valence-electron chi connectivity index (χ1n) is 9.67. The molecule has 0 saturated heterocycles. The predicted octanol–water partition coefficient (Wildman–Crippen LogP) is 4.86. The van der Waals surface area contributed by atoms with Gasteiger partial charge in [0, 0.05) is 12.0 Å². The number of para-hydroxylation sites is 2. The van der Waals surface area contributed by atoms with E-state index in [-0.39, 0.29) is 11.9 Å². The molecule has 5 nitrogen and oxygen atoms in total. The molecule has 2 heterocycles. The fourth-order valence-corrected chi connectivity index (χ4v) is 3.67. The summed E-state index contributed by atoms with van der Waals surface area (Å²) in [6.45, 7) is 2.01. The highest BCUT2D eigenvalue weighted by atomic mass is 16.2. The first kappa shape index (κ1) is 17.4. The van der Waals surface area contributed by atoms with Crippen LogP contribution in [0.3, 0.4) is 0 Å². The second-order valence-corrected chi connectivity index (χ2v) is 7.29. The van der Waals surface area contributed by atoms with Gasteiger partial charge in [0.25, 0.3) is 5.91 Å². The van der Waals surface area contributed by atoms with Gasteiger partial charge in [-0.1, -0.05) is 60.2 Å².